The molecule has 0 heterocycles. The van der Waals surface area contributed by atoms with Gasteiger partial charge in [-0.25, -0.2) is 0 Å². The normalized spacial score (nSPS) is 25.5. The molecule has 21 heavy (non-hydrogen) atoms. The number of hydrogen-bond acceptors (Lipinski definition) is 4. The van der Waals surface area contributed by atoms with Gasteiger partial charge in [0.05, 0.1) is 5.60 Å². The molecule has 1 saturated carbocycles. The minimum Gasteiger partial charge on any atom is -0.399 e. The minimum absolute atomic E-state index is 0.250. The fourth-order valence-electron chi connectivity index (χ4n) is 2.95. The van der Waals surface area contributed by atoms with Crippen LogP contribution in [-0.2, 0) is 0 Å². The van der Waals surface area contributed by atoms with Crippen molar-refractivity contribution in [3.8, 4) is 0 Å². The van der Waals surface area contributed by atoms with Crippen LogP contribution in [0.15, 0.2) is 18.2 Å². The van der Waals surface area contributed by atoms with Crippen molar-refractivity contribution in [2.45, 2.75) is 44.6 Å². The molecule has 0 saturated heterocycles. The Hall–Kier alpha value is -1.75. The quantitative estimate of drug-likeness (QED) is 0.636. The molecule has 116 valence electrons. The Labute approximate surface area is 125 Å². The van der Waals surface area contributed by atoms with E-state index in [0.717, 1.165) is 32.1 Å². The summed E-state index contributed by atoms with van der Waals surface area (Å²) >= 11 is 0. The van der Waals surface area contributed by atoms with Crippen LogP contribution in [0.1, 0.15) is 49.4 Å². The molecule has 0 spiro atoms. The Morgan fingerprint density at radius 3 is 2.38 bits per heavy atom. The van der Waals surface area contributed by atoms with Crippen LogP contribution in [0.3, 0.4) is 0 Å². The summed E-state index contributed by atoms with van der Waals surface area (Å²) in [5.74, 6) is 0.453. The third-order valence-electron chi connectivity index (χ3n) is 4.43. The van der Waals surface area contributed by atoms with Crippen molar-refractivity contribution < 1.29 is 9.90 Å². The lowest BCUT2D eigenvalue weighted by atomic mass is 9.78. The molecule has 1 aromatic rings. The highest BCUT2D eigenvalue weighted by molar-refractivity contribution is 5.96. The molecule has 1 fully saturated rings. The summed E-state index contributed by atoms with van der Waals surface area (Å²) in [6.45, 7) is 2.46. The highest BCUT2D eigenvalue weighted by atomic mass is 16.3. The molecular weight excluding hydrogens is 266 g/mol. The average molecular weight is 291 g/mol. The van der Waals surface area contributed by atoms with E-state index in [1.807, 2.05) is 0 Å². The summed E-state index contributed by atoms with van der Waals surface area (Å²) in [5.41, 5.74) is 11.9. The Morgan fingerprint density at radius 1 is 1.29 bits per heavy atom. The number of nitrogens with one attached hydrogen (secondary N) is 1. The zero-order chi connectivity index (χ0) is 15.5. The Kier molecular flexibility index (Phi) is 4.73. The summed E-state index contributed by atoms with van der Waals surface area (Å²) in [5, 5.41) is 13.3. The van der Waals surface area contributed by atoms with E-state index >= 15 is 0 Å². The van der Waals surface area contributed by atoms with Crippen LogP contribution < -0.4 is 16.8 Å². The molecule has 5 nitrogen and oxygen atoms in total. The van der Waals surface area contributed by atoms with Crippen molar-refractivity contribution in [2.75, 3.05) is 18.0 Å². The zero-order valence-electron chi connectivity index (χ0n) is 12.6. The standard InChI is InChI=1S/C16H25N3O2/c1-2-11-3-5-16(21,6-4-11)10-19-15(20)12-7-13(17)9-14(18)8-12/h7-9,11,21H,2-6,10,17-18H2,1H3,(H,19,20). The molecule has 0 radical (unpaired) electrons. The topological polar surface area (TPSA) is 101 Å². The third-order valence-corrected chi connectivity index (χ3v) is 4.43. The van der Waals surface area contributed by atoms with Gasteiger partial charge in [0.25, 0.3) is 5.91 Å². The molecule has 5 heteroatoms. The van der Waals surface area contributed by atoms with E-state index in [4.69, 9.17) is 11.5 Å². The SMILES string of the molecule is CCC1CCC(O)(CNC(=O)c2cc(N)cc(N)c2)CC1. The summed E-state index contributed by atoms with van der Waals surface area (Å²) in [4.78, 5) is 12.1. The number of rotatable bonds is 4. The van der Waals surface area contributed by atoms with E-state index in [0.29, 0.717) is 22.9 Å². The van der Waals surface area contributed by atoms with Gasteiger partial charge in [0.1, 0.15) is 0 Å². The highest BCUT2D eigenvalue weighted by Crippen LogP contribution is 2.33. The second-order valence-electron chi connectivity index (χ2n) is 6.15. The number of aliphatic hydroxyl groups is 1. The summed E-state index contributed by atoms with van der Waals surface area (Å²) in [6, 6.07) is 4.78. The number of hydrogen-bond donors (Lipinski definition) is 4. The molecule has 1 aliphatic carbocycles. The predicted molar refractivity (Wildman–Crippen MR) is 84.8 cm³/mol. The van der Waals surface area contributed by atoms with Gasteiger partial charge < -0.3 is 21.9 Å². The largest absolute Gasteiger partial charge is 0.399 e. The van der Waals surface area contributed by atoms with E-state index in [9.17, 15) is 9.90 Å². The molecule has 2 rings (SSSR count). The van der Waals surface area contributed by atoms with Crippen molar-refractivity contribution in [3.05, 3.63) is 23.8 Å². The highest BCUT2D eigenvalue weighted by Gasteiger charge is 2.32. The number of anilines is 2. The molecule has 0 unspecified atom stereocenters. The van der Waals surface area contributed by atoms with E-state index in [1.165, 1.54) is 0 Å². The van der Waals surface area contributed by atoms with Crippen LogP contribution in [-0.4, -0.2) is 23.2 Å². The van der Waals surface area contributed by atoms with E-state index in [2.05, 4.69) is 12.2 Å². The van der Waals surface area contributed by atoms with Gasteiger partial charge in [-0.05, 0) is 49.8 Å². The number of nitrogens with two attached hydrogens (primary N) is 2. The second kappa shape index (κ2) is 6.35. The van der Waals surface area contributed by atoms with E-state index < -0.39 is 5.60 Å². The van der Waals surface area contributed by atoms with Gasteiger partial charge in [0.2, 0.25) is 0 Å². The van der Waals surface area contributed by atoms with Crippen LogP contribution in [0.25, 0.3) is 0 Å². The maximum Gasteiger partial charge on any atom is 0.251 e. The first kappa shape index (κ1) is 15.6. The number of carbonyl (C=O) groups is 1. The van der Waals surface area contributed by atoms with E-state index in [-0.39, 0.29) is 12.5 Å². The lowest BCUT2D eigenvalue weighted by molar-refractivity contribution is -0.00786. The predicted octanol–water partition coefficient (Wildman–Crippen LogP) is 1.91. The second-order valence-corrected chi connectivity index (χ2v) is 6.15. The third kappa shape index (κ3) is 4.11. The molecule has 1 aromatic carbocycles. The van der Waals surface area contributed by atoms with Crippen LogP contribution in [0.2, 0.25) is 0 Å². The minimum atomic E-state index is -0.785. The molecule has 0 aromatic heterocycles. The van der Waals surface area contributed by atoms with Crippen molar-refractivity contribution >= 4 is 17.3 Å². The van der Waals surface area contributed by atoms with Crippen LogP contribution >= 0.6 is 0 Å². The van der Waals surface area contributed by atoms with Gasteiger partial charge in [-0.15, -0.1) is 0 Å². The van der Waals surface area contributed by atoms with Gasteiger partial charge in [-0.3, -0.25) is 4.79 Å². The van der Waals surface area contributed by atoms with Gasteiger partial charge >= 0.3 is 0 Å². The van der Waals surface area contributed by atoms with Gasteiger partial charge in [0.15, 0.2) is 0 Å². The molecule has 1 amide bonds. The summed E-state index contributed by atoms with van der Waals surface area (Å²) in [7, 11) is 0. The lowest BCUT2D eigenvalue weighted by Gasteiger charge is -2.35. The average Bonchev–Trinajstić information content (AvgIpc) is 2.45. The molecular formula is C16H25N3O2. The first-order valence-corrected chi connectivity index (χ1v) is 7.58. The number of nitrogen functional groups attached to an aromatic ring is 2. The molecule has 0 atom stereocenters. The van der Waals surface area contributed by atoms with Crippen molar-refractivity contribution in [1.82, 2.24) is 5.32 Å². The van der Waals surface area contributed by atoms with Crippen molar-refractivity contribution in [2.24, 2.45) is 5.92 Å². The molecule has 6 N–H and O–H groups in total. The maximum absolute atomic E-state index is 12.1. The number of amides is 1. The Bertz CT molecular complexity index is 488. The maximum atomic E-state index is 12.1. The number of benzene rings is 1. The van der Waals surface area contributed by atoms with E-state index in [1.54, 1.807) is 18.2 Å². The van der Waals surface area contributed by atoms with Crippen LogP contribution in [0, 0.1) is 5.92 Å². The summed E-state index contributed by atoms with van der Waals surface area (Å²) in [6.07, 6.45) is 4.68. The first-order valence-electron chi connectivity index (χ1n) is 7.58. The molecule has 1 aliphatic rings. The number of carbonyl (C=O) groups excluding carboxylic acids is 1. The zero-order valence-corrected chi connectivity index (χ0v) is 12.6. The monoisotopic (exact) mass is 291 g/mol. The Balaban J connectivity index is 1.92. The lowest BCUT2D eigenvalue weighted by Crippen LogP contribution is -2.45. The molecule has 0 bridgehead atoms. The summed E-state index contributed by atoms with van der Waals surface area (Å²) < 4.78 is 0. The van der Waals surface area contributed by atoms with Gasteiger partial charge in [0, 0.05) is 23.5 Å². The first-order chi connectivity index (χ1) is 9.92. The fourth-order valence-corrected chi connectivity index (χ4v) is 2.95. The van der Waals surface area contributed by atoms with Crippen LogP contribution in [0.4, 0.5) is 11.4 Å². The Morgan fingerprint density at radius 2 is 1.86 bits per heavy atom. The molecule has 0 aliphatic heterocycles. The fraction of sp³-hybridized carbons (Fsp3) is 0.562. The van der Waals surface area contributed by atoms with Crippen molar-refractivity contribution in [1.29, 1.82) is 0 Å². The van der Waals surface area contributed by atoms with Gasteiger partial charge in [-0.2, -0.15) is 0 Å². The van der Waals surface area contributed by atoms with Gasteiger partial charge in [-0.1, -0.05) is 13.3 Å². The van der Waals surface area contributed by atoms with Crippen molar-refractivity contribution in [3.63, 3.8) is 0 Å². The smallest absolute Gasteiger partial charge is 0.251 e. The van der Waals surface area contributed by atoms with Crippen LogP contribution in [0.5, 0.6) is 0 Å².